The Morgan fingerprint density at radius 1 is 1.22 bits per heavy atom. The Kier molecular flexibility index (Phi) is 7.23. The smallest absolute Gasteiger partial charge is 0.128 e. The van der Waals surface area contributed by atoms with Crippen LogP contribution in [0.4, 0.5) is 11.5 Å². The summed E-state index contributed by atoms with van der Waals surface area (Å²) in [6, 6.07) is 3.95. The predicted molar refractivity (Wildman–Crippen MR) is 81.0 cm³/mol. The number of aliphatic imine (C=N–C) groups is 1. The largest absolute Gasteiger partial charge is 0.357 e. The molecule has 0 amide bonds. The molecule has 0 radical (unpaired) electrons. The monoisotopic (exact) mass is 263 g/mol. The van der Waals surface area contributed by atoms with Crippen molar-refractivity contribution in [1.82, 2.24) is 4.98 Å². The number of thiocarbonyl (C=S) groups is 1. The number of anilines is 1. The van der Waals surface area contributed by atoms with Crippen LogP contribution in [0, 0.1) is 0 Å². The topological polar surface area (TPSA) is 28.5 Å². The maximum Gasteiger partial charge on any atom is 0.128 e. The van der Waals surface area contributed by atoms with Crippen LogP contribution in [-0.2, 0) is 0 Å². The highest BCUT2D eigenvalue weighted by Crippen LogP contribution is 2.17. The molecule has 0 fully saturated rings. The van der Waals surface area contributed by atoms with Gasteiger partial charge in [0.2, 0.25) is 0 Å². The Morgan fingerprint density at radius 3 is 2.33 bits per heavy atom. The molecule has 0 spiro atoms. The molecule has 1 heterocycles. The van der Waals surface area contributed by atoms with Gasteiger partial charge in [-0.3, -0.25) is 0 Å². The Morgan fingerprint density at radius 2 is 1.89 bits per heavy atom. The van der Waals surface area contributed by atoms with Crippen molar-refractivity contribution in [2.75, 3.05) is 18.0 Å². The first-order valence-corrected chi connectivity index (χ1v) is 7.01. The van der Waals surface area contributed by atoms with E-state index in [1.165, 1.54) is 25.7 Å². The van der Waals surface area contributed by atoms with Crippen LogP contribution < -0.4 is 4.90 Å². The molecule has 0 saturated heterocycles. The van der Waals surface area contributed by atoms with Gasteiger partial charge < -0.3 is 4.90 Å². The summed E-state index contributed by atoms with van der Waals surface area (Å²) in [6.07, 6.45) is 6.56. The van der Waals surface area contributed by atoms with Gasteiger partial charge in [-0.15, -0.1) is 0 Å². The minimum absolute atomic E-state index is 0.764. The van der Waals surface area contributed by atoms with E-state index >= 15 is 0 Å². The summed E-state index contributed by atoms with van der Waals surface area (Å²) >= 11 is 4.58. The number of unbranched alkanes of at least 4 members (excludes halogenated alkanes) is 2. The fraction of sp³-hybridized carbons (Fsp3) is 0.571. The van der Waals surface area contributed by atoms with E-state index in [0.717, 1.165) is 24.6 Å². The zero-order valence-corrected chi connectivity index (χ0v) is 12.0. The first-order chi connectivity index (χ1) is 8.81. The van der Waals surface area contributed by atoms with Crippen LogP contribution in [0.1, 0.15) is 39.5 Å². The lowest BCUT2D eigenvalue weighted by Gasteiger charge is -2.23. The molecule has 1 aromatic rings. The molecule has 0 bridgehead atoms. The van der Waals surface area contributed by atoms with Crippen molar-refractivity contribution in [1.29, 1.82) is 0 Å². The van der Waals surface area contributed by atoms with Crippen LogP contribution in [-0.4, -0.2) is 23.2 Å². The molecule has 4 heteroatoms. The highest BCUT2D eigenvalue weighted by molar-refractivity contribution is 7.78. The van der Waals surface area contributed by atoms with Gasteiger partial charge in [-0.1, -0.05) is 26.7 Å². The third-order valence-electron chi connectivity index (χ3n) is 2.79. The average Bonchev–Trinajstić information content (AvgIpc) is 2.41. The molecule has 0 aliphatic carbocycles. The normalized spacial score (nSPS) is 9.89. The van der Waals surface area contributed by atoms with Gasteiger partial charge in [-0.2, -0.15) is 4.99 Å². The minimum atomic E-state index is 0.764. The summed E-state index contributed by atoms with van der Waals surface area (Å²) in [5, 5.41) is 2.36. The van der Waals surface area contributed by atoms with E-state index < -0.39 is 0 Å². The number of rotatable bonds is 8. The average molecular weight is 263 g/mol. The van der Waals surface area contributed by atoms with Gasteiger partial charge in [0, 0.05) is 13.1 Å². The highest BCUT2D eigenvalue weighted by atomic mass is 32.1. The van der Waals surface area contributed by atoms with Crippen molar-refractivity contribution in [3.8, 4) is 0 Å². The van der Waals surface area contributed by atoms with E-state index in [0.29, 0.717) is 0 Å². The van der Waals surface area contributed by atoms with Gasteiger partial charge in [0.15, 0.2) is 0 Å². The summed E-state index contributed by atoms with van der Waals surface area (Å²) < 4.78 is 0. The van der Waals surface area contributed by atoms with Crippen molar-refractivity contribution in [3.63, 3.8) is 0 Å². The number of hydrogen-bond acceptors (Lipinski definition) is 4. The van der Waals surface area contributed by atoms with Crippen LogP contribution in [0.15, 0.2) is 23.3 Å². The number of pyridine rings is 1. The summed E-state index contributed by atoms with van der Waals surface area (Å²) in [7, 11) is 0. The van der Waals surface area contributed by atoms with Gasteiger partial charge in [0.1, 0.15) is 5.82 Å². The molecule has 0 unspecified atom stereocenters. The van der Waals surface area contributed by atoms with Crippen LogP contribution in [0.25, 0.3) is 0 Å². The summed E-state index contributed by atoms with van der Waals surface area (Å²) in [6.45, 7) is 6.56. The van der Waals surface area contributed by atoms with E-state index in [1.807, 2.05) is 12.1 Å². The van der Waals surface area contributed by atoms with E-state index in [2.05, 4.69) is 46.1 Å². The molecular formula is C14H21N3S. The maximum atomic E-state index is 4.58. The molecule has 0 N–H and O–H groups in total. The molecule has 0 aliphatic heterocycles. The second kappa shape index (κ2) is 8.78. The Bertz CT molecular complexity index is 375. The number of isothiocyanates is 1. The zero-order valence-electron chi connectivity index (χ0n) is 11.2. The lowest BCUT2D eigenvalue weighted by atomic mass is 10.2. The summed E-state index contributed by atoms with van der Waals surface area (Å²) in [4.78, 5) is 10.7. The molecule has 1 aromatic heterocycles. The van der Waals surface area contributed by atoms with E-state index in [-0.39, 0.29) is 0 Å². The standard InChI is InChI=1S/C14H21N3S/c1-3-5-9-17(10-6-4-2)14-8-7-13(11-15-14)16-12-18/h7-8,11H,3-6,9-10H2,1-2H3. The van der Waals surface area contributed by atoms with Crippen molar-refractivity contribution in [3.05, 3.63) is 18.3 Å². The van der Waals surface area contributed by atoms with E-state index in [1.54, 1.807) is 6.20 Å². The van der Waals surface area contributed by atoms with Gasteiger partial charge in [-0.25, -0.2) is 4.98 Å². The Hall–Kier alpha value is -1.25. The van der Waals surface area contributed by atoms with Gasteiger partial charge in [0.05, 0.1) is 17.0 Å². The van der Waals surface area contributed by atoms with Crippen LogP contribution in [0.3, 0.4) is 0 Å². The second-order valence-corrected chi connectivity index (χ2v) is 4.45. The van der Waals surface area contributed by atoms with Gasteiger partial charge in [0.25, 0.3) is 0 Å². The fourth-order valence-corrected chi connectivity index (χ4v) is 1.83. The summed E-state index contributed by atoms with van der Waals surface area (Å²) in [5.74, 6) is 1.03. The van der Waals surface area contributed by atoms with Crippen LogP contribution >= 0.6 is 12.2 Å². The second-order valence-electron chi connectivity index (χ2n) is 4.27. The lowest BCUT2D eigenvalue weighted by Crippen LogP contribution is -2.26. The Labute approximate surface area is 115 Å². The van der Waals surface area contributed by atoms with Crippen molar-refractivity contribution < 1.29 is 0 Å². The van der Waals surface area contributed by atoms with E-state index in [9.17, 15) is 0 Å². The fourth-order valence-electron chi connectivity index (χ4n) is 1.72. The molecule has 0 aromatic carbocycles. The van der Waals surface area contributed by atoms with Crippen molar-refractivity contribution in [2.24, 2.45) is 4.99 Å². The number of nitrogens with zero attached hydrogens (tertiary/aromatic N) is 3. The summed E-state index contributed by atoms with van der Waals surface area (Å²) in [5.41, 5.74) is 0.764. The molecule has 18 heavy (non-hydrogen) atoms. The van der Waals surface area contributed by atoms with Crippen LogP contribution in [0.5, 0.6) is 0 Å². The molecule has 1 rings (SSSR count). The molecule has 0 aliphatic rings. The predicted octanol–water partition coefficient (Wildman–Crippen LogP) is 4.22. The quantitative estimate of drug-likeness (QED) is 0.519. The third-order valence-corrected chi connectivity index (χ3v) is 2.89. The highest BCUT2D eigenvalue weighted by Gasteiger charge is 2.06. The van der Waals surface area contributed by atoms with Gasteiger partial charge >= 0.3 is 0 Å². The molecule has 98 valence electrons. The SMILES string of the molecule is CCCCN(CCCC)c1ccc(N=C=S)cn1. The van der Waals surface area contributed by atoms with E-state index in [4.69, 9.17) is 0 Å². The zero-order chi connectivity index (χ0) is 13.2. The van der Waals surface area contributed by atoms with Crippen molar-refractivity contribution >= 4 is 28.9 Å². The molecule has 0 atom stereocenters. The first kappa shape index (κ1) is 14.8. The molecule has 3 nitrogen and oxygen atoms in total. The number of aromatic nitrogens is 1. The maximum absolute atomic E-state index is 4.58. The Balaban J connectivity index is 2.73. The lowest BCUT2D eigenvalue weighted by molar-refractivity contribution is 0.671. The van der Waals surface area contributed by atoms with Crippen LogP contribution in [0.2, 0.25) is 0 Å². The third kappa shape index (κ3) is 4.94. The first-order valence-electron chi connectivity index (χ1n) is 6.60. The number of hydrogen-bond donors (Lipinski definition) is 0. The van der Waals surface area contributed by atoms with Crippen molar-refractivity contribution in [2.45, 2.75) is 39.5 Å². The van der Waals surface area contributed by atoms with Gasteiger partial charge in [-0.05, 0) is 37.2 Å². The molecule has 0 saturated carbocycles. The molecular weight excluding hydrogens is 242 g/mol. The minimum Gasteiger partial charge on any atom is -0.357 e.